The van der Waals surface area contributed by atoms with E-state index in [-0.39, 0.29) is 5.56 Å². The van der Waals surface area contributed by atoms with Crippen molar-refractivity contribution in [2.45, 2.75) is 19.4 Å². The molecule has 4 rings (SSSR count). The van der Waals surface area contributed by atoms with E-state index in [1.807, 2.05) is 0 Å². The van der Waals surface area contributed by atoms with Crippen LogP contribution in [-0.4, -0.2) is 54.7 Å². The fourth-order valence-electron chi connectivity index (χ4n) is 3.18. The third-order valence-electron chi connectivity index (χ3n) is 4.66. The summed E-state index contributed by atoms with van der Waals surface area (Å²) in [5.41, 5.74) is -0.113. The summed E-state index contributed by atoms with van der Waals surface area (Å²) in [5, 5.41) is 8.48. The summed E-state index contributed by atoms with van der Waals surface area (Å²) < 4.78 is 8.22. The van der Waals surface area contributed by atoms with E-state index >= 15 is 0 Å². The SMILES string of the molecule is COc1ccnc(N2CCC(Cn3nc(-n4cncn4)ccc3=O)CC2)n1. The fraction of sp³-hybridized carbons (Fsp3) is 0.412. The molecule has 140 valence electrons. The number of aromatic nitrogens is 7. The van der Waals surface area contributed by atoms with Gasteiger partial charge in [-0.05, 0) is 24.8 Å². The van der Waals surface area contributed by atoms with Gasteiger partial charge >= 0.3 is 0 Å². The average molecular weight is 368 g/mol. The van der Waals surface area contributed by atoms with Crippen molar-refractivity contribution in [3.8, 4) is 11.7 Å². The van der Waals surface area contributed by atoms with Crippen LogP contribution in [0.1, 0.15) is 12.8 Å². The molecule has 27 heavy (non-hydrogen) atoms. The van der Waals surface area contributed by atoms with E-state index in [0.29, 0.717) is 30.1 Å². The third-order valence-corrected chi connectivity index (χ3v) is 4.66. The Bertz CT molecular complexity index is 948. The fourth-order valence-corrected chi connectivity index (χ4v) is 3.18. The van der Waals surface area contributed by atoms with Crippen LogP contribution in [0.5, 0.6) is 5.88 Å². The van der Waals surface area contributed by atoms with Gasteiger partial charge in [-0.3, -0.25) is 4.79 Å². The minimum atomic E-state index is -0.113. The number of anilines is 1. The number of piperidine rings is 1. The molecule has 0 N–H and O–H groups in total. The highest BCUT2D eigenvalue weighted by Crippen LogP contribution is 2.22. The molecular weight excluding hydrogens is 348 g/mol. The van der Waals surface area contributed by atoms with E-state index < -0.39 is 0 Å². The van der Waals surface area contributed by atoms with Crippen molar-refractivity contribution >= 4 is 5.95 Å². The van der Waals surface area contributed by atoms with Crippen molar-refractivity contribution in [3.63, 3.8) is 0 Å². The van der Waals surface area contributed by atoms with Gasteiger partial charge in [-0.15, -0.1) is 5.10 Å². The summed E-state index contributed by atoms with van der Waals surface area (Å²) in [5.74, 6) is 2.18. The highest BCUT2D eigenvalue weighted by molar-refractivity contribution is 5.32. The molecule has 0 radical (unpaired) electrons. The Kier molecular flexibility index (Phi) is 4.77. The Balaban J connectivity index is 1.42. The first kappa shape index (κ1) is 17.1. The summed E-state index contributed by atoms with van der Waals surface area (Å²) in [6.07, 6.45) is 6.56. The normalized spacial score (nSPS) is 15.1. The second-order valence-electron chi connectivity index (χ2n) is 6.38. The zero-order valence-corrected chi connectivity index (χ0v) is 15.0. The molecule has 10 nitrogen and oxygen atoms in total. The molecule has 4 heterocycles. The molecule has 0 amide bonds. The number of hydrogen-bond donors (Lipinski definition) is 0. The highest BCUT2D eigenvalue weighted by Gasteiger charge is 2.22. The van der Waals surface area contributed by atoms with Crippen molar-refractivity contribution < 1.29 is 4.74 Å². The van der Waals surface area contributed by atoms with Gasteiger partial charge in [-0.1, -0.05) is 0 Å². The zero-order valence-electron chi connectivity index (χ0n) is 15.0. The smallest absolute Gasteiger partial charge is 0.266 e. The summed E-state index contributed by atoms with van der Waals surface area (Å²) in [6, 6.07) is 4.90. The average Bonchev–Trinajstić information content (AvgIpc) is 3.25. The molecule has 0 saturated carbocycles. The van der Waals surface area contributed by atoms with Crippen LogP contribution in [0, 0.1) is 5.92 Å². The number of hydrogen-bond acceptors (Lipinski definition) is 8. The van der Waals surface area contributed by atoms with Gasteiger partial charge in [0.1, 0.15) is 12.7 Å². The second-order valence-corrected chi connectivity index (χ2v) is 6.38. The standard InChI is InChI=1S/C17H20N8O2/c1-27-15-4-7-19-17(21-15)23-8-5-13(6-9-23)10-24-16(26)3-2-14(22-24)25-12-18-11-20-25/h2-4,7,11-13H,5-6,8-10H2,1H3. The molecule has 0 aliphatic carbocycles. The van der Waals surface area contributed by atoms with Gasteiger partial charge in [0.2, 0.25) is 11.8 Å². The van der Waals surface area contributed by atoms with Crippen LogP contribution in [0.4, 0.5) is 5.95 Å². The van der Waals surface area contributed by atoms with E-state index in [0.717, 1.165) is 25.9 Å². The Labute approximate surface area is 155 Å². The molecule has 1 aliphatic heterocycles. The van der Waals surface area contributed by atoms with E-state index in [1.54, 1.807) is 36.4 Å². The summed E-state index contributed by atoms with van der Waals surface area (Å²) in [4.78, 5) is 26.9. The van der Waals surface area contributed by atoms with Crippen LogP contribution in [0.2, 0.25) is 0 Å². The number of ether oxygens (including phenoxy) is 1. The zero-order chi connectivity index (χ0) is 18.6. The maximum Gasteiger partial charge on any atom is 0.266 e. The molecule has 3 aromatic heterocycles. The van der Waals surface area contributed by atoms with Gasteiger partial charge in [0, 0.05) is 38.0 Å². The van der Waals surface area contributed by atoms with E-state index in [1.165, 1.54) is 17.1 Å². The molecule has 0 aromatic carbocycles. The van der Waals surface area contributed by atoms with Crippen molar-refractivity contribution in [2.75, 3.05) is 25.1 Å². The van der Waals surface area contributed by atoms with Gasteiger partial charge in [-0.25, -0.2) is 19.3 Å². The number of methoxy groups -OCH3 is 1. The number of nitrogens with zero attached hydrogens (tertiary/aromatic N) is 8. The first-order valence-corrected chi connectivity index (χ1v) is 8.78. The largest absolute Gasteiger partial charge is 0.481 e. The second kappa shape index (κ2) is 7.52. The maximum absolute atomic E-state index is 12.2. The minimum absolute atomic E-state index is 0.113. The molecule has 1 saturated heterocycles. The lowest BCUT2D eigenvalue weighted by Gasteiger charge is -2.32. The van der Waals surface area contributed by atoms with Gasteiger partial charge in [0.15, 0.2) is 5.82 Å². The monoisotopic (exact) mass is 368 g/mol. The Morgan fingerprint density at radius 3 is 2.81 bits per heavy atom. The summed E-state index contributed by atoms with van der Waals surface area (Å²) >= 11 is 0. The quantitative estimate of drug-likeness (QED) is 0.643. The van der Waals surface area contributed by atoms with Crippen LogP contribution in [-0.2, 0) is 6.54 Å². The predicted molar refractivity (Wildman–Crippen MR) is 96.9 cm³/mol. The van der Waals surface area contributed by atoms with Crippen LogP contribution < -0.4 is 15.2 Å². The molecule has 0 atom stereocenters. The first-order valence-electron chi connectivity index (χ1n) is 8.78. The Morgan fingerprint density at radius 2 is 2.07 bits per heavy atom. The molecule has 0 spiro atoms. The van der Waals surface area contributed by atoms with E-state index in [4.69, 9.17) is 4.74 Å². The lowest BCUT2D eigenvalue weighted by molar-refractivity contribution is 0.332. The predicted octanol–water partition coefficient (Wildman–Crippen LogP) is 0.539. The maximum atomic E-state index is 12.2. The summed E-state index contributed by atoms with van der Waals surface area (Å²) in [6.45, 7) is 2.24. The molecule has 10 heteroatoms. The molecule has 3 aromatic rings. The minimum Gasteiger partial charge on any atom is -0.481 e. The number of rotatable bonds is 5. The highest BCUT2D eigenvalue weighted by atomic mass is 16.5. The van der Waals surface area contributed by atoms with Crippen LogP contribution >= 0.6 is 0 Å². The van der Waals surface area contributed by atoms with Crippen molar-refractivity contribution in [2.24, 2.45) is 5.92 Å². The lowest BCUT2D eigenvalue weighted by Crippen LogP contribution is -2.37. The van der Waals surface area contributed by atoms with E-state index in [2.05, 4.69) is 30.0 Å². The topological polar surface area (TPSA) is 104 Å². The molecule has 0 bridgehead atoms. The molecular formula is C17H20N8O2. The van der Waals surface area contributed by atoms with Gasteiger partial charge in [-0.2, -0.15) is 10.1 Å². The first-order chi connectivity index (χ1) is 13.2. The molecule has 1 fully saturated rings. The van der Waals surface area contributed by atoms with Crippen molar-refractivity contribution in [1.29, 1.82) is 0 Å². The molecule has 0 unspecified atom stereocenters. The van der Waals surface area contributed by atoms with Crippen molar-refractivity contribution in [1.82, 2.24) is 34.5 Å². The lowest BCUT2D eigenvalue weighted by atomic mass is 9.97. The van der Waals surface area contributed by atoms with Crippen LogP contribution in [0.15, 0.2) is 41.8 Å². The van der Waals surface area contributed by atoms with E-state index in [9.17, 15) is 4.79 Å². The molecule has 1 aliphatic rings. The van der Waals surface area contributed by atoms with Crippen molar-refractivity contribution in [3.05, 3.63) is 47.4 Å². The summed E-state index contributed by atoms with van der Waals surface area (Å²) in [7, 11) is 1.59. The Morgan fingerprint density at radius 1 is 1.22 bits per heavy atom. The van der Waals surface area contributed by atoms with Crippen LogP contribution in [0.3, 0.4) is 0 Å². The van der Waals surface area contributed by atoms with Crippen LogP contribution in [0.25, 0.3) is 5.82 Å². The third kappa shape index (κ3) is 3.78. The van der Waals surface area contributed by atoms with Gasteiger partial charge in [0.25, 0.3) is 5.56 Å². The van der Waals surface area contributed by atoms with Gasteiger partial charge in [0.05, 0.1) is 7.11 Å². The van der Waals surface area contributed by atoms with Gasteiger partial charge < -0.3 is 9.64 Å². The Hall–Kier alpha value is -3.30.